The van der Waals surface area contributed by atoms with Crippen molar-refractivity contribution in [3.05, 3.63) is 20.9 Å². The van der Waals surface area contributed by atoms with E-state index < -0.39 is 8.56 Å². The van der Waals surface area contributed by atoms with Crippen LogP contribution in [0.3, 0.4) is 0 Å². The van der Waals surface area contributed by atoms with Gasteiger partial charge < -0.3 is 14.0 Å². The second-order valence-corrected chi connectivity index (χ2v) is 12.4. The zero-order valence-corrected chi connectivity index (χ0v) is 19.8. The molecule has 0 bridgehead atoms. The molecule has 0 rings (SSSR count). The second kappa shape index (κ2) is 18.7. The van der Waals surface area contributed by atoms with Gasteiger partial charge in [0, 0.05) is 36.1 Å². The Balaban J connectivity index is -0.000000636. The molecule has 0 aromatic carbocycles. The molecule has 0 amide bonds. The molecule has 0 aliphatic heterocycles. The lowest BCUT2D eigenvalue weighted by molar-refractivity contribution is 0.0524. The van der Waals surface area contributed by atoms with E-state index in [-0.39, 0.29) is 19.6 Å². The third kappa shape index (κ3) is 17.3. The molecular weight excluding hydrogens is 388 g/mol. The van der Waals surface area contributed by atoms with Crippen LogP contribution in [-0.4, -0.2) is 45.6 Å². The highest BCUT2D eigenvalue weighted by Gasteiger charge is 2.47. The summed E-state index contributed by atoms with van der Waals surface area (Å²) in [4.78, 5) is 5.31. The fourth-order valence-corrected chi connectivity index (χ4v) is 6.59. The van der Waals surface area contributed by atoms with E-state index in [2.05, 4.69) is 68.5 Å². The second-order valence-electron chi connectivity index (χ2n) is 8.14. The maximum atomic E-state index is 8.24. The molecule has 1 N–H and O–H groups in total. The van der Waals surface area contributed by atoms with Gasteiger partial charge in [-0.3, -0.25) is 0 Å². The SMILES string of the molecule is C.CC(C)[Si](OCCCCN=[N+]=[N-])(OC(C)(C)C)C(C)C.[N-]=[N+]=NCCCCO. The molecule has 0 aliphatic carbocycles. The molecule has 0 atom stereocenters. The highest BCUT2D eigenvalue weighted by Crippen LogP contribution is 2.37. The molecule has 10 heteroatoms. The predicted molar refractivity (Wildman–Crippen MR) is 123 cm³/mol. The van der Waals surface area contributed by atoms with Gasteiger partial charge in [-0.25, -0.2) is 0 Å². The largest absolute Gasteiger partial charge is 0.396 e. The fraction of sp³-hybridized carbons (Fsp3) is 1.00. The van der Waals surface area contributed by atoms with E-state index in [9.17, 15) is 0 Å². The van der Waals surface area contributed by atoms with Crippen LogP contribution in [0.2, 0.25) is 11.1 Å². The van der Waals surface area contributed by atoms with E-state index in [0.29, 0.717) is 30.8 Å². The van der Waals surface area contributed by atoms with Crippen LogP contribution in [0.25, 0.3) is 20.9 Å². The van der Waals surface area contributed by atoms with Crippen molar-refractivity contribution in [2.24, 2.45) is 10.2 Å². The molecule has 0 fully saturated rings. The number of hydrogen-bond donors (Lipinski definition) is 1. The number of unbranched alkanes of at least 4 members (excludes halogenated alkanes) is 2. The first-order valence-electron chi connectivity index (χ1n) is 10.0. The van der Waals surface area contributed by atoms with E-state index in [4.69, 9.17) is 25.0 Å². The minimum Gasteiger partial charge on any atom is -0.396 e. The van der Waals surface area contributed by atoms with Gasteiger partial charge in [0.15, 0.2) is 0 Å². The smallest absolute Gasteiger partial charge is 0.343 e. The van der Waals surface area contributed by atoms with Crippen molar-refractivity contribution in [3.8, 4) is 0 Å². The van der Waals surface area contributed by atoms with E-state index in [1.807, 2.05) is 0 Å². The van der Waals surface area contributed by atoms with Gasteiger partial charge in [0.25, 0.3) is 0 Å². The van der Waals surface area contributed by atoms with Crippen LogP contribution in [-0.2, 0) is 8.85 Å². The summed E-state index contributed by atoms with van der Waals surface area (Å²) in [6, 6.07) is 0. The van der Waals surface area contributed by atoms with Crippen LogP contribution in [0.4, 0.5) is 0 Å². The van der Waals surface area contributed by atoms with Gasteiger partial charge in [0.1, 0.15) is 0 Å². The Labute approximate surface area is 178 Å². The molecule has 0 heterocycles. The van der Waals surface area contributed by atoms with Crippen molar-refractivity contribution < 1.29 is 14.0 Å². The quantitative estimate of drug-likeness (QED) is 0.112. The fourth-order valence-electron chi connectivity index (χ4n) is 2.64. The summed E-state index contributed by atoms with van der Waals surface area (Å²) < 4.78 is 12.7. The van der Waals surface area contributed by atoms with Crippen LogP contribution in [0, 0.1) is 0 Å². The molecule has 0 aromatic rings. The van der Waals surface area contributed by atoms with E-state index in [0.717, 1.165) is 25.7 Å². The monoisotopic (exact) mass is 432 g/mol. The number of aliphatic hydroxyl groups is 1. The molecule has 0 aliphatic rings. The lowest BCUT2D eigenvalue weighted by atomic mass is 10.2. The van der Waals surface area contributed by atoms with Gasteiger partial charge in [-0.15, -0.1) is 0 Å². The van der Waals surface area contributed by atoms with Crippen molar-refractivity contribution in [1.82, 2.24) is 0 Å². The number of aliphatic hydroxyl groups excluding tert-OH is 1. The summed E-state index contributed by atoms with van der Waals surface area (Å²) in [5.41, 5.74) is 16.6. The standard InChI is InChI=1S/C14H31N3O2Si.C4H9N3O.CH4/c1-12(2)20(13(3)4,19-14(5,6)7)18-11-9-8-10-16-17-15;5-7-6-3-1-2-4-8;/h12-13H,8-11H2,1-7H3;8H,1-4H2;1H4. The lowest BCUT2D eigenvalue weighted by Gasteiger charge is -2.42. The molecule has 172 valence electrons. The number of azide groups is 2. The first kappa shape index (κ1) is 32.4. The number of nitrogens with zero attached hydrogens (tertiary/aromatic N) is 6. The van der Waals surface area contributed by atoms with Gasteiger partial charge in [-0.1, -0.05) is 45.4 Å². The van der Waals surface area contributed by atoms with Crippen LogP contribution in [0.1, 0.15) is 81.6 Å². The number of rotatable bonds is 13. The Morgan fingerprint density at radius 1 is 0.897 bits per heavy atom. The zero-order valence-electron chi connectivity index (χ0n) is 18.8. The van der Waals surface area contributed by atoms with Gasteiger partial charge in [-0.05, 0) is 68.6 Å². The molecular formula is C19H44N6O3Si. The van der Waals surface area contributed by atoms with Crippen molar-refractivity contribution in [2.75, 3.05) is 26.3 Å². The highest BCUT2D eigenvalue weighted by atomic mass is 28.4. The minimum atomic E-state index is -2.26. The average molecular weight is 433 g/mol. The van der Waals surface area contributed by atoms with Crippen molar-refractivity contribution in [1.29, 1.82) is 0 Å². The normalized spacial score (nSPS) is 11.1. The minimum absolute atomic E-state index is 0. The topological polar surface area (TPSA) is 136 Å². The van der Waals surface area contributed by atoms with Gasteiger partial charge in [-0.2, -0.15) is 0 Å². The Bertz CT molecular complexity index is 477. The van der Waals surface area contributed by atoms with E-state index >= 15 is 0 Å². The molecule has 0 radical (unpaired) electrons. The lowest BCUT2D eigenvalue weighted by Crippen LogP contribution is -2.52. The number of hydrogen-bond acceptors (Lipinski definition) is 5. The summed E-state index contributed by atoms with van der Waals surface area (Å²) in [5, 5.41) is 15.1. The summed E-state index contributed by atoms with van der Waals surface area (Å²) >= 11 is 0. The maximum absolute atomic E-state index is 8.24. The third-order valence-corrected chi connectivity index (χ3v) is 8.65. The first-order valence-corrected chi connectivity index (χ1v) is 12.0. The van der Waals surface area contributed by atoms with Crippen LogP contribution in [0.5, 0.6) is 0 Å². The van der Waals surface area contributed by atoms with Crippen molar-refractivity contribution >= 4 is 8.56 Å². The van der Waals surface area contributed by atoms with Crippen LogP contribution in [0.15, 0.2) is 10.2 Å². The van der Waals surface area contributed by atoms with Gasteiger partial charge in [0.05, 0.1) is 5.60 Å². The zero-order chi connectivity index (χ0) is 22.1. The predicted octanol–water partition coefficient (Wildman–Crippen LogP) is 6.88. The summed E-state index contributed by atoms with van der Waals surface area (Å²) in [6.07, 6.45) is 3.26. The molecule has 0 saturated carbocycles. The van der Waals surface area contributed by atoms with Crippen molar-refractivity contribution in [3.63, 3.8) is 0 Å². The molecule has 0 saturated heterocycles. The van der Waals surface area contributed by atoms with E-state index in [1.165, 1.54) is 0 Å². The molecule has 29 heavy (non-hydrogen) atoms. The highest BCUT2D eigenvalue weighted by molar-refractivity contribution is 6.70. The van der Waals surface area contributed by atoms with Gasteiger partial charge >= 0.3 is 8.56 Å². The molecule has 0 aromatic heterocycles. The Morgan fingerprint density at radius 2 is 1.34 bits per heavy atom. The first-order chi connectivity index (χ1) is 13.1. The summed E-state index contributed by atoms with van der Waals surface area (Å²) in [7, 11) is -2.26. The Hall–Kier alpha value is -1.28. The van der Waals surface area contributed by atoms with E-state index in [1.54, 1.807) is 0 Å². The Kier molecular flexibility index (Phi) is 20.9. The van der Waals surface area contributed by atoms with Crippen LogP contribution < -0.4 is 0 Å². The summed E-state index contributed by atoms with van der Waals surface area (Å²) in [5.74, 6) is 0. The molecule has 0 unspecified atom stereocenters. The molecule has 0 spiro atoms. The van der Waals surface area contributed by atoms with Crippen LogP contribution >= 0.6 is 0 Å². The maximum Gasteiger partial charge on any atom is 0.343 e. The summed E-state index contributed by atoms with van der Waals surface area (Å²) in [6.45, 7) is 16.9. The molecule has 9 nitrogen and oxygen atoms in total. The third-order valence-electron chi connectivity index (χ3n) is 3.85. The van der Waals surface area contributed by atoms with Gasteiger partial charge in [0.2, 0.25) is 0 Å². The average Bonchev–Trinajstić information content (AvgIpc) is 2.60. The van der Waals surface area contributed by atoms with Crippen molar-refractivity contribution in [2.45, 2.75) is 98.3 Å². The Morgan fingerprint density at radius 3 is 1.69 bits per heavy atom.